The van der Waals surface area contributed by atoms with Crippen LogP contribution in [0.2, 0.25) is 5.02 Å². The van der Waals surface area contributed by atoms with Crippen LogP contribution in [0.4, 0.5) is 13.2 Å². The van der Waals surface area contributed by atoms with Gasteiger partial charge in [0.15, 0.2) is 0 Å². The number of halogens is 4. The van der Waals surface area contributed by atoms with Crippen LogP contribution >= 0.6 is 22.9 Å². The molecule has 0 fully saturated rings. The zero-order chi connectivity index (χ0) is 19.1. The first-order valence-electron chi connectivity index (χ1n) is 7.90. The molecule has 0 saturated carbocycles. The molecule has 26 heavy (non-hydrogen) atoms. The molecule has 0 spiro atoms. The number of aromatic nitrogens is 1. The fraction of sp³-hybridized carbons (Fsp3) is 0.412. The molecular formula is C17H16ClF3N2O2S. The summed E-state index contributed by atoms with van der Waals surface area (Å²) in [5.74, 6) is -0.893. The van der Waals surface area contributed by atoms with Crippen LogP contribution in [0.5, 0.6) is 0 Å². The largest absolute Gasteiger partial charge is 0.424 e. The molecular weight excluding hydrogens is 389 g/mol. The minimum Gasteiger partial charge on any atom is -0.374 e. The van der Waals surface area contributed by atoms with Gasteiger partial charge in [0, 0.05) is 16.1 Å². The van der Waals surface area contributed by atoms with Crippen molar-refractivity contribution >= 4 is 28.8 Å². The molecule has 9 heteroatoms. The summed E-state index contributed by atoms with van der Waals surface area (Å²) < 4.78 is 40.5. The minimum absolute atomic E-state index is 0.354. The summed E-state index contributed by atoms with van der Waals surface area (Å²) in [6.45, 7) is 1.52. The van der Waals surface area contributed by atoms with Crippen LogP contribution in [-0.4, -0.2) is 22.2 Å². The van der Waals surface area contributed by atoms with E-state index in [-0.39, 0.29) is 0 Å². The standard InChI is InChI=1S/C17H16ClF3N2O2S/c1-9-8-26-15(22-9)16(25,17(19,20)21)7-14(24)23-13-6-5-10-11(13)3-2-4-12(10)18/h2-4,8,13,25H,5-7H2,1H3,(H,23,24)/t13-,16+/m1/s1. The first-order valence-corrected chi connectivity index (χ1v) is 9.16. The maximum Gasteiger partial charge on any atom is 0.424 e. The number of hydrogen-bond acceptors (Lipinski definition) is 4. The van der Waals surface area contributed by atoms with Crippen LogP contribution in [0.1, 0.15) is 40.7 Å². The molecule has 0 aliphatic heterocycles. The Hall–Kier alpha value is -1.64. The summed E-state index contributed by atoms with van der Waals surface area (Å²) in [5.41, 5.74) is -1.27. The Balaban J connectivity index is 1.79. The summed E-state index contributed by atoms with van der Waals surface area (Å²) in [6, 6.07) is 4.83. The molecule has 1 aromatic carbocycles. The smallest absolute Gasteiger partial charge is 0.374 e. The molecule has 140 valence electrons. The highest BCUT2D eigenvalue weighted by Crippen LogP contribution is 2.43. The Bertz CT molecular complexity index is 840. The van der Waals surface area contributed by atoms with Crippen molar-refractivity contribution in [1.82, 2.24) is 10.3 Å². The van der Waals surface area contributed by atoms with Gasteiger partial charge in [0.05, 0.1) is 12.5 Å². The molecule has 4 nitrogen and oxygen atoms in total. The highest BCUT2D eigenvalue weighted by molar-refractivity contribution is 7.09. The van der Waals surface area contributed by atoms with E-state index in [0.717, 1.165) is 11.1 Å². The molecule has 0 unspecified atom stereocenters. The number of carbonyl (C=O) groups is 1. The molecule has 2 aromatic rings. The van der Waals surface area contributed by atoms with E-state index < -0.39 is 35.2 Å². The molecule has 2 N–H and O–H groups in total. The highest BCUT2D eigenvalue weighted by atomic mass is 35.5. The number of nitrogens with zero attached hydrogens (tertiary/aromatic N) is 1. The molecule has 1 amide bonds. The van der Waals surface area contributed by atoms with Gasteiger partial charge in [0.25, 0.3) is 0 Å². The fourth-order valence-corrected chi connectivity index (χ4v) is 4.27. The van der Waals surface area contributed by atoms with E-state index in [9.17, 15) is 23.1 Å². The second-order valence-corrected chi connectivity index (χ2v) is 7.56. The average Bonchev–Trinajstić information content (AvgIpc) is 3.14. The summed E-state index contributed by atoms with van der Waals surface area (Å²) in [5, 5.41) is 14.3. The summed E-state index contributed by atoms with van der Waals surface area (Å²) >= 11 is 6.79. The van der Waals surface area contributed by atoms with Crippen LogP contribution in [0.15, 0.2) is 23.6 Å². The Labute approximate surface area is 157 Å². The first kappa shape index (κ1) is 19.1. The number of amides is 1. The number of carbonyl (C=O) groups excluding carboxylic acids is 1. The maximum atomic E-state index is 13.5. The SMILES string of the molecule is Cc1csc([C@@](O)(CC(=O)N[C@@H]2CCc3c(Cl)cccc32)C(F)(F)F)n1. The minimum atomic E-state index is -5.02. The van der Waals surface area contributed by atoms with Crippen molar-refractivity contribution in [3.63, 3.8) is 0 Å². The van der Waals surface area contributed by atoms with Gasteiger partial charge < -0.3 is 10.4 Å². The van der Waals surface area contributed by atoms with E-state index in [2.05, 4.69) is 10.3 Å². The number of hydrogen-bond donors (Lipinski definition) is 2. The molecule has 0 radical (unpaired) electrons. The van der Waals surface area contributed by atoms with Gasteiger partial charge in [-0.25, -0.2) is 4.98 Å². The van der Waals surface area contributed by atoms with Gasteiger partial charge in [0.1, 0.15) is 5.01 Å². The van der Waals surface area contributed by atoms with E-state index >= 15 is 0 Å². The second kappa shape index (κ2) is 6.83. The highest BCUT2D eigenvalue weighted by Gasteiger charge is 2.58. The summed E-state index contributed by atoms with van der Waals surface area (Å²) in [6.07, 6.45) is -4.98. The number of rotatable bonds is 4. The van der Waals surface area contributed by atoms with Crippen molar-refractivity contribution < 1.29 is 23.1 Å². The molecule has 2 atom stereocenters. The van der Waals surface area contributed by atoms with Crippen molar-refractivity contribution in [2.45, 2.75) is 44.0 Å². The molecule has 1 aliphatic rings. The zero-order valence-corrected chi connectivity index (χ0v) is 15.3. The van der Waals surface area contributed by atoms with Crippen molar-refractivity contribution in [2.24, 2.45) is 0 Å². The number of fused-ring (bicyclic) bond motifs is 1. The number of aryl methyl sites for hydroxylation is 1. The third kappa shape index (κ3) is 3.45. The van der Waals surface area contributed by atoms with Gasteiger partial charge >= 0.3 is 6.18 Å². The normalized spacial score (nSPS) is 19.1. The van der Waals surface area contributed by atoms with Gasteiger partial charge in [-0.3, -0.25) is 4.79 Å². The molecule has 1 aliphatic carbocycles. The monoisotopic (exact) mass is 404 g/mol. The fourth-order valence-electron chi connectivity index (χ4n) is 3.08. The van der Waals surface area contributed by atoms with Crippen LogP contribution in [-0.2, 0) is 16.8 Å². The maximum absolute atomic E-state index is 13.5. The number of benzene rings is 1. The zero-order valence-electron chi connectivity index (χ0n) is 13.7. The quantitative estimate of drug-likeness (QED) is 0.808. The van der Waals surface area contributed by atoms with E-state index in [1.807, 2.05) is 0 Å². The molecule has 0 saturated heterocycles. The van der Waals surface area contributed by atoms with Crippen LogP contribution < -0.4 is 5.32 Å². The predicted octanol–water partition coefficient (Wildman–Crippen LogP) is 4.05. The molecule has 1 heterocycles. The van der Waals surface area contributed by atoms with Crippen LogP contribution in [0.25, 0.3) is 0 Å². The third-order valence-corrected chi connectivity index (χ3v) is 5.87. The van der Waals surface area contributed by atoms with Crippen molar-refractivity contribution in [3.8, 4) is 0 Å². The lowest BCUT2D eigenvalue weighted by atomic mass is 9.98. The van der Waals surface area contributed by atoms with Gasteiger partial charge in [0.2, 0.25) is 11.5 Å². The van der Waals surface area contributed by atoms with E-state index in [0.29, 0.717) is 34.9 Å². The van der Waals surface area contributed by atoms with E-state index in [1.54, 1.807) is 18.2 Å². The molecule has 0 bridgehead atoms. The number of thiazole rings is 1. The van der Waals surface area contributed by atoms with Gasteiger partial charge in [-0.1, -0.05) is 23.7 Å². The van der Waals surface area contributed by atoms with Crippen LogP contribution in [0.3, 0.4) is 0 Å². The van der Waals surface area contributed by atoms with Crippen molar-refractivity contribution in [2.75, 3.05) is 0 Å². The lowest BCUT2D eigenvalue weighted by molar-refractivity contribution is -0.267. The summed E-state index contributed by atoms with van der Waals surface area (Å²) in [7, 11) is 0. The topological polar surface area (TPSA) is 62.2 Å². The first-order chi connectivity index (χ1) is 12.1. The lowest BCUT2D eigenvalue weighted by Gasteiger charge is -2.28. The van der Waals surface area contributed by atoms with E-state index in [1.165, 1.54) is 12.3 Å². The Morgan fingerprint density at radius 2 is 2.19 bits per heavy atom. The second-order valence-electron chi connectivity index (χ2n) is 6.30. The Kier molecular flexibility index (Phi) is 5.02. The van der Waals surface area contributed by atoms with E-state index in [4.69, 9.17) is 11.6 Å². The van der Waals surface area contributed by atoms with Gasteiger partial charge in [-0.15, -0.1) is 11.3 Å². The Morgan fingerprint density at radius 3 is 2.81 bits per heavy atom. The Morgan fingerprint density at radius 1 is 1.46 bits per heavy atom. The van der Waals surface area contributed by atoms with Crippen molar-refractivity contribution in [3.05, 3.63) is 50.4 Å². The van der Waals surface area contributed by atoms with Gasteiger partial charge in [-0.2, -0.15) is 13.2 Å². The van der Waals surface area contributed by atoms with Crippen molar-refractivity contribution in [1.29, 1.82) is 0 Å². The van der Waals surface area contributed by atoms with Crippen LogP contribution in [0, 0.1) is 6.92 Å². The molecule has 1 aromatic heterocycles. The lowest BCUT2D eigenvalue weighted by Crippen LogP contribution is -2.46. The molecule has 3 rings (SSSR count). The number of alkyl halides is 3. The number of aliphatic hydroxyl groups is 1. The number of nitrogens with one attached hydrogen (secondary N) is 1. The summed E-state index contributed by atoms with van der Waals surface area (Å²) in [4.78, 5) is 16.0. The van der Waals surface area contributed by atoms with Gasteiger partial charge in [-0.05, 0) is 37.0 Å². The predicted molar refractivity (Wildman–Crippen MR) is 92.1 cm³/mol. The third-order valence-electron chi connectivity index (χ3n) is 4.41. The average molecular weight is 405 g/mol.